The van der Waals surface area contributed by atoms with Gasteiger partial charge in [0.1, 0.15) is 24.5 Å². The van der Waals surface area contributed by atoms with Crippen molar-refractivity contribution in [1.29, 1.82) is 0 Å². The second kappa shape index (κ2) is 25.4. The average molecular weight is 692 g/mol. The van der Waals surface area contributed by atoms with Crippen LogP contribution >= 0.6 is 0 Å². The molecular formula is C44H64Cl2N2. The first kappa shape index (κ1) is 43.4. The van der Waals surface area contributed by atoms with Gasteiger partial charge in [0.25, 0.3) is 0 Å². The molecule has 0 fully saturated rings. The van der Waals surface area contributed by atoms with E-state index in [1.165, 1.54) is 113 Å². The zero-order chi connectivity index (χ0) is 32.8. The number of nitrogens with zero attached hydrogens (tertiary/aromatic N) is 2. The summed E-state index contributed by atoms with van der Waals surface area (Å²) in [6.45, 7) is 16.3. The molecule has 0 aliphatic heterocycles. The highest BCUT2D eigenvalue weighted by Crippen LogP contribution is 2.30. The fourth-order valence-corrected chi connectivity index (χ4v) is 6.82. The van der Waals surface area contributed by atoms with Crippen molar-refractivity contribution >= 4 is 11.4 Å². The zero-order valence-electron chi connectivity index (χ0n) is 30.5. The maximum atomic E-state index is 2.33. The summed E-state index contributed by atoms with van der Waals surface area (Å²) in [5.74, 6) is 0. The summed E-state index contributed by atoms with van der Waals surface area (Å²) < 4.78 is 2.19. The fraction of sp³-hybridized carbons (Fsp3) is 0.455. The van der Waals surface area contributed by atoms with E-state index in [0.717, 1.165) is 22.1 Å². The zero-order valence-corrected chi connectivity index (χ0v) is 32.0. The molecule has 1 atom stereocenters. The standard InChI is InChI=1S/C23H34N.C21H30N.2ClH/c1-3-5-7-14-20-24(19-6-4-2,23-17-12-9-13-18-23)21-22-15-10-8-11-16-22;1-3-5-17-22(18-6-4-2,21-15-11-8-12-16-21)19-20-13-9-7-10-14-20;;/h8-13,15-18H,3-7,14,19-21H2,1-2H3;7-16H,3-6,17-19H2,1-2H3;2*1H/q2*+1;;/p-2. The number of hydrogen-bond donors (Lipinski definition) is 0. The van der Waals surface area contributed by atoms with E-state index in [1.807, 2.05) is 0 Å². The quantitative estimate of drug-likeness (QED) is 0.0747. The molecule has 0 bridgehead atoms. The van der Waals surface area contributed by atoms with Gasteiger partial charge in [0.2, 0.25) is 0 Å². The number of rotatable bonds is 20. The predicted octanol–water partition coefficient (Wildman–Crippen LogP) is 6.38. The highest BCUT2D eigenvalue weighted by atomic mass is 35.5. The van der Waals surface area contributed by atoms with Crippen LogP contribution < -0.4 is 33.8 Å². The third-order valence-corrected chi connectivity index (χ3v) is 9.52. The first-order valence-corrected chi connectivity index (χ1v) is 18.5. The third kappa shape index (κ3) is 14.5. The van der Waals surface area contributed by atoms with Crippen LogP contribution in [-0.4, -0.2) is 26.2 Å². The normalized spacial score (nSPS) is 12.1. The molecular weight excluding hydrogens is 627 g/mol. The lowest BCUT2D eigenvalue weighted by Crippen LogP contribution is -3.00. The van der Waals surface area contributed by atoms with Crippen molar-refractivity contribution in [1.82, 2.24) is 8.97 Å². The van der Waals surface area contributed by atoms with Gasteiger partial charge in [-0.2, -0.15) is 0 Å². The van der Waals surface area contributed by atoms with Gasteiger partial charge in [0.15, 0.2) is 0 Å². The number of hydrogen-bond acceptors (Lipinski definition) is 0. The summed E-state index contributed by atoms with van der Waals surface area (Å²) in [6.07, 6.45) is 13.0. The summed E-state index contributed by atoms with van der Waals surface area (Å²) in [5, 5.41) is 0. The molecule has 0 radical (unpaired) electrons. The van der Waals surface area contributed by atoms with Crippen LogP contribution in [0.25, 0.3) is 0 Å². The molecule has 2 nitrogen and oxygen atoms in total. The molecule has 0 heterocycles. The first-order chi connectivity index (χ1) is 22.6. The Hall–Kier alpha value is -2.62. The van der Waals surface area contributed by atoms with Crippen molar-refractivity contribution < 1.29 is 24.8 Å². The Bertz CT molecular complexity index is 1280. The third-order valence-electron chi connectivity index (χ3n) is 9.52. The summed E-state index contributed by atoms with van der Waals surface area (Å²) >= 11 is 0. The molecule has 264 valence electrons. The smallest absolute Gasteiger partial charge is 0.133 e. The summed E-state index contributed by atoms with van der Waals surface area (Å²) in [4.78, 5) is 0. The molecule has 4 aromatic rings. The molecule has 0 N–H and O–H groups in total. The molecule has 0 amide bonds. The van der Waals surface area contributed by atoms with E-state index in [0.29, 0.717) is 0 Å². The Balaban J connectivity index is 0.000000462. The van der Waals surface area contributed by atoms with Crippen molar-refractivity contribution in [2.45, 2.75) is 105 Å². The van der Waals surface area contributed by atoms with Crippen LogP contribution in [0.2, 0.25) is 0 Å². The average Bonchev–Trinajstić information content (AvgIpc) is 3.12. The molecule has 0 aliphatic rings. The molecule has 1 unspecified atom stereocenters. The van der Waals surface area contributed by atoms with Gasteiger partial charge in [-0.15, -0.1) is 0 Å². The van der Waals surface area contributed by atoms with E-state index in [-0.39, 0.29) is 24.8 Å². The monoisotopic (exact) mass is 690 g/mol. The molecule has 0 saturated heterocycles. The van der Waals surface area contributed by atoms with Gasteiger partial charge in [0, 0.05) is 11.1 Å². The van der Waals surface area contributed by atoms with Crippen LogP contribution in [0.4, 0.5) is 11.4 Å². The topological polar surface area (TPSA) is 0 Å². The van der Waals surface area contributed by atoms with Crippen LogP contribution in [0.3, 0.4) is 0 Å². The minimum absolute atomic E-state index is 0. The second-order valence-electron chi connectivity index (χ2n) is 13.3. The Morgan fingerprint density at radius 3 is 0.938 bits per heavy atom. The van der Waals surface area contributed by atoms with Crippen LogP contribution in [0, 0.1) is 0 Å². The Labute approximate surface area is 307 Å². The van der Waals surface area contributed by atoms with E-state index in [9.17, 15) is 0 Å². The van der Waals surface area contributed by atoms with Crippen molar-refractivity contribution in [2.24, 2.45) is 0 Å². The van der Waals surface area contributed by atoms with Gasteiger partial charge >= 0.3 is 0 Å². The maximum Gasteiger partial charge on any atom is 0.133 e. The van der Waals surface area contributed by atoms with E-state index < -0.39 is 0 Å². The van der Waals surface area contributed by atoms with Crippen molar-refractivity contribution in [3.63, 3.8) is 0 Å². The molecule has 0 spiro atoms. The molecule has 4 heteroatoms. The lowest BCUT2D eigenvalue weighted by molar-refractivity contribution is -0.001000. The Morgan fingerprint density at radius 2 is 0.625 bits per heavy atom. The summed E-state index contributed by atoms with van der Waals surface area (Å²) in [5.41, 5.74) is 5.84. The van der Waals surface area contributed by atoms with Crippen molar-refractivity contribution in [3.05, 3.63) is 132 Å². The van der Waals surface area contributed by atoms with Gasteiger partial charge in [-0.05, 0) is 56.4 Å². The Morgan fingerprint density at radius 1 is 0.333 bits per heavy atom. The molecule has 0 aromatic heterocycles. The van der Waals surface area contributed by atoms with Gasteiger partial charge in [-0.25, -0.2) is 0 Å². The predicted molar refractivity (Wildman–Crippen MR) is 205 cm³/mol. The van der Waals surface area contributed by atoms with E-state index >= 15 is 0 Å². The molecule has 48 heavy (non-hydrogen) atoms. The summed E-state index contributed by atoms with van der Waals surface area (Å²) in [6, 6.07) is 44.3. The van der Waals surface area contributed by atoms with Crippen LogP contribution in [0.5, 0.6) is 0 Å². The van der Waals surface area contributed by atoms with Crippen LogP contribution in [-0.2, 0) is 13.1 Å². The SMILES string of the molecule is CCCCCC[N+](CCCC)(Cc1ccccc1)c1ccccc1.CCCC[N+](CCCC)(Cc1ccccc1)c1ccccc1.[Cl-].[Cl-]. The number of quaternary nitrogens is 2. The maximum absolute atomic E-state index is 2.33. The van der Waals surface area contributed by atoms with Gasteiger partial charge < -0.3 is 24.8 Å². The lowest BCUT2D eigenvalue weighted by atomic mass is 10.1. The van der Waals surface area contributed by atoms with Crippen LogP contribution in [0.1, 0.15) is 103 Å². The number of benzene rings is 4. The summed E-state index contributed by atoms with van der Waals surface area (Å²) in [7, 11) is 0. The molecule has 0 saturated carbocycles. The molecule has 0 aliphatic carbocycles. The number of unbranched alkanes of at least 4 members (excludes halogenated alkanes) is 6. The molecule has 4 rings (SSSR count). The van der Waals surface area contributed by atoms with Crippen LogP contribution in [0.15, 0.2) is 121 Å². The highest BCUT2D eigenvalue weighted by Gasteiger charge is 2.30. The lowest BCUT2D eigenvalue weighted by Gasteiger charge is -2.39. The Kier molecular flexibility index (Phi) is 22.9. The van der Waals surface area contributed by atoms with E-state index in [4.69, 9.17) is 0 Å². The highest BCUT2D eigenvalue weighted by molar-refractivity contribution is 5.44. The largest absolute Gasteiger partial charge is 1.00 e. The van der Waals surface area contributed by atoms with Gasteiger partial charge in [-0.3, -0.25) is 8.97 Å². The minimum Gasteiger partial charge on any atom is -1.00 e. The number of para-hydroxylation sites is 2. The van der Waals surface area contributed by atoms with E-state index in [1.54, 1.807) is 0 Å². The van der Waals surface area contributed by atoms with Crippen molar-refractivity contribution in [3.8, 4) is 0 Å². The first-order valence-electron chi connectivity index (χ1n) is 18.5. The van der Waals surface area contributed by atoms with Gasteiger partial charge in [0.05, 0.1) is 26.2 Å². The van der Waals surface area contributed by atoms with E-state index in [2.05, 4.69) is 149 Å². The van der Waals surface area contributed by atoms with Gasteiger partial charge in [-0.1, -0.05) is 157 Å². The minimum atomic E-state index is 0. The van der Waals surface area contributed by atoms with Crippen molar-refractivity contribution in [2.75, 3.05) is 26.2 Å². The second-order valence-corrected chi connectivity index (χ2v) is 13.3. The number of halogens is 2. The molecule has 4 aromatic carbocycles. The fourth-order valence-electron chi connectivity index (χ4n) is 6.82.